The van der Waals surface area contributed by atoms with E-state index in [1.807, 2.05) is 18.2 Å². The van der Waals surface area contributed by atoms with Crippen molar-refractivity contribution in [1.82, 2.24) is 9.48 Å². The summed E-state index contributed by atoms with van der Waals surface area (Å²) in [5.41, 5.74) is 8.06. The van der Waals surface area contributed by atoms with E-state index < -0.39 is 9.85 Å². The molecule has 6 N–H and O–H groups in total. The van der Waals surface area contributed by atoms with Crippen LogP contribution >= 0.6 is 0 Å². The number of azo groups is 2. The zero-order valence-corrected chi connectivity index (χ0v) is 49.9. The maximum absolute atomic E-state index is 13.6. The molecule has 22 heteroatoms. The predicted octanol–water partition coefficient (Wildman–Crippen LogP) is 13.1. The molecule has 2 atom stereocenters. The van der Waals surface area contributed by atoms with Gasteiger partial charge >= 0.3 is 5.97 Å². The number of nitro groups is 2. The van der Waals surface area contributed by atoms with E-state index >= 15 is 0 Å². The summed E-state index contributed by atoms with van der Waals surface area (Å²) in [6.07, 6.45) is 11.1. The minimum atomic E-state index is -0.628. The monoisotopic (exact) mass is 1210 g/mol. The molecule has 1 aliphatic carbocycles. The SMILES string of the molecule is CCCCOC(=O)c1ccccc1C1=c2cc3c(cc2OC2C=C4C(=CC12)C(C)=CC(C)(C)N4CC)=[N+](CC)C(C)(C)C=C3C.O=[N+]([O-])c1ccc(O)c(N=Nc2ccc(O)cc2O)c1.O=[N+]([O-])c1ccc(O)c(N=Nc2ccc(O)cc2O)c1.[Co]. The summed E-state index contributed by atoms with van der Waals surface area (Å²) in [7, 11) is 0. The Morgan fingerprint density at radius 2 is 1.23 bits per heavy atom. The van der Waals surface area contributed by atoms with Crippen LogP contribution in [0.1, 0.15) is 96.6 Å². The predicted molar refractivity (Wildman–Crippen MR) is 321 cm³/mol. The average molecular weight is 1220 g/mol. The van der Waals surface area contributed by atoms with Crippen molar-refractivity contribution in [2.45, 2.75) is 92.3 Å². The van der Waals surface area contributed by atoms with Gasteiger partial charge in [0.2, 0.25) is 5.36 Å². The summed E-state index contributed by atoms with van der Waals surface area (Å²) in [6.45, 7) is 22.3. The first-order valence-electron chi connectivity index (χ1n) is 27.6. The molecule has 0 amide bonds. The Balaban J connectivity index is 0.000000213. The summed E-state index contributed by atoms with van der Waals surface area (Å²) in [6, 6.07) is 26.5. The molecule has 1 radical (unpaired) electrons. The largest absolute Gasteiger partial charge is 0.508 e. The summed E-state index contributed by atoms with van der Waals surface area (Å²) in [4.78, 5) is 36.0. The van der Waals surface area contributed by atoms with Crippen molar-refractivity contribution in [3.05, 3.63) is 198 Å². The van der Waals surface area contributed by atoms with Gasteiger partial charge in [0.05, 0.1) is 33.6 Å². The minimum Gasteiger partial charge on any atom is -0.508 e. The molecule has 10 rings (SSSR count). The molecular weight excluding hydrogens is 1150 g/mol. The third kappa shape index (κ3) is 13.8. The molecule has 3 aliphatic heterocycles. The number of phenolic OH excluding ortho intramolecular Hbond substituents is 6. The van der Waals surface area contributed by atoms with Gasteiger partial charge in [-0.05, 0) is 137 Å². The normalized spacial score (nSPS) is 16.8. The third-order valence-electron chi connectivity index (χ3n) is 14.8. The number of esters is 1. The molecule has 4 aliphatic rings. The van der Waals surface area contributed by atoms with Crippen molar-refractivity contribution < 1.29 is 71.5 Å². The number of fused-ring (bicyclic) bond motifs is 4. The zero-order valence-electron chi connectivity index (χ0n) is 48.8. The number of allylic oxidation sites excluding steroid dienone is 2. The average Bonchev–Trinajstić information content (AvgIpc) is 0.741. The van der Waals surface area contributed by atoms with Crippen molar-refractivity contribution in [2.75, 3.05) is 19.7 Å². The van der Waals surface area contributed by atoms with Gasteiger partial charge in [-0.15, -0.1) is 20.5 Å². The molecule has 2 unspecified atom stereocenters. The first-order valence-corrected chi connectivity index (χ1v) is 27.6. The van der Waals surface area contributed by atoms with Crippen LogP contribution in [0.2, 0.25) is 0 Å². The topological polar surface area (TPSA) is 299 Å². The number of unbranched alkanes of at least 4 members (excludes halogenated alkanes) is 1. The number of phenols is 6. The van der Waals surface area contributed by atoms with Crippen LogP contribution in [0.15, 0.2) is 171 Å². The number of carbonyl (C=O) groups excluding carboxylic acids is 1. The Hall–Kier alpha value is -9.67. The fraction of sp³-hybridized carbons (Fsp3) is 0.281. The van der Waals surface area contributed by atoms with E-state index in [-0.39, 0.29) is 114 Å². The Morgan fingerprint density at radius 1 is 0.674 bits per heavy atom. The zero-order chi connectivity index (χ0) is 61.7. The van der Waals surface area contributed by atoms with E-state index in [0.29, 0.717) is 12.2 Å². The van der Waals surface area contributed by atoms with Crippen molar-refractivity contribution in [3.8, 4) is 40.2 Å². The van der Waals surface area contributed by atoms with Gasteiger partial charge in [-0.3, -0.25) is 20.2 Å². The first kappa shape index (κ1) is 63.9. The Morgan fingerprint density at radius 3 is 1.76 bits per heavy atom. The van der Waals surface area contributed by atoms with Crippen LogP contribution in [0, 0.1) is 26.1 Å². The fourth-order valence-corrected chi connectivity index (χ4v) is 10.9. The van der Waals surface area contributed by atoms with Crippen molar-refractivity contribution >= 4 is 51.2 Å². The number of nitrogens with zero attached hydrogens (tertiary/aromatic N) is 8. The van der Waals surface area contributed by atoms with Crippen LogP contribution < -0.4 is 19.9 Å². The van der Waals surface area contributed by atoms with Gasteiger partial charge in [-0.25, -0.2) is 9.37 Å². The van der Waals surface area contributed by atoms with E-state index in [0.717, 1.165) is 96.6 Å². The molecule has 0 saturated carbocycles. The Labute approximate surface area is 506 Å². The number of ether oxygens (including phenoxy) is 2. The summed E-state index contributed by atoms with van der Waals surface area (Å²) in [5, 5.41) is 94.4. The minimum absolute atomic E-state index is 0. The Bertz CT molecular complexity index is 3860. The molecule has 86 heavy (non-hydrogen) atoms. The molecular formula is C64H67CoN8O13+. The molecule has 0 fully saturated rings. The van der Waals surface area contributed by atoms with Gasteiger partial charge < -0.3 is 45.0 Å². The molecule has 21 nitrogen and oxygen atoms in total. The van der Waals surface area contributed by atoms with E-state index in [1.165, 1.54) is 57.6 Å². The van der Waals surface area contributed by atoms with Gasteiger partial charge in [-0.2, -0.15) is 0 Å². The quantitative estimate of drug-likeness (QED) is 0.0157. The molecule has 449 valence electrons. The van der Waals surface area contributed by atoms with Crippen molar-refractivity contribution in [2.24, 2.45) is 26.4 Å². The number of carbonyl (C=O) groups is 1. The molecule has 0 saturated heterocycles. The third-order valence-corrected chi connectivity index (χ3v) is 14.8. The van der Waals surface area contributed by atoms with Crippen LogP contribution in [0.5, 0.6) is 40.2 Å². The molecule has 6 aromatic carbocycles. The first-order chi connectivity index (χ1) is 40.3. The number of hydrogen-bond donors (Lipinski definition) is 6. The standard InChI is InChI=1S/C40H49N2O3.2C12H9N3O5.Co/c1-10-13-18-44-38(43)28-17-15-14-16-27(28)37-31-19-29-25(4)23-39(6,7)41(11-2)33(29)21-35(31)45-36-22-34-30(20-32(36)37)26(5)24-40(8,9)42(34)12-3;2*16-8-2-3-9(12(18)6-8)13-14-10-5-7(15(19)20)1-4-11(10)17;/h14-17,19-24,31,35H,10-13,18H2,1-9H3;2*1-6,16-18H;/q+1;;;. The van der Waals surface area contributed by atoms with Crippen LogP contribution in [-0.4, -0.2) is 88.2 Å². The number of likely N-dealkylation sites (N-methyl/N-ethyl adjacent to an activating group) is 2. The second-order valence-corrected chi connectivity index (χ2v) is 21.6. The fourth-order valence-electron chi connectivity index (χ4n) is 10.9. The number of aromatic hydroxyl groups is 6. The van der Waals surface area contributed by atoms with E-state index in [1.54, 1.807) is 0 Å². The second kappa shape index (κ2) is 26.5. The number of hydrogen-bond acceptors (Lipinski definition) is 18. The summed E-state index contributed by atoms with van der Waals surface area (Å²) in [5.74, 6) is -0.931. The number of rotatable bonds is 13. The van der Waals surface area contributed by atoms with Gasteiger partial charge in [-0.1, -0.05) is 43.7 Å². The van der Waals surface area contributed by atoms with Gasteiger partial charge in [0, 0.05) is 96.0 Å². The maximum atomic E-state index is 13.6. The smallest absolute Gasteiger partial charge is 0.338 e. The van der Waals surface area contributed by atoms with Gasteiger partial charge in [0.15, 0.2) is 5.54 Å². The molecule has 0 spiro atoms. The van der Waals surface area contributed by atoms with Gasteiger partial charge in [0.25, 0.3) is 11.4 Å². The summed E-state index contributed by atoms with van der Waals surface area (Å²) >= 11 is 0. The summed E-state index contributed by atoms with van der Waals surface area (Å²) < 4.78 is 15.3. The van der Waals surface area contributed by atoms with Crippen LogP contribution in [0.25, 0.3) is 11.1 Å². The number of non-ortho nitro benzene ring substituents is 2. The van der Waals surface area contributed by atoms with E-state index in [4.69, 9.17) is 19.7 Å². The van der Waals surface area contributed by atoms with Crippen LogP contribution in [-0.2, 0) is 21.5 Å². The molecule has 6 aromatic rings. The Kier molecular flexibility index (Phi) is 19.7. The second-order valence-electron chi connectivity index (χ2n) is 21.6. The van der Waals surface area contributed by atoms with Crippen LogP contribution in [0.3, 0.4) is 0 Å². The van der Waals surface area contributed by atoms with E-state index in [9.17, 15) is 45.4 Å². The molecule has 0 bridgehead atoms. The maximum Gasteiger partial charge on any atom is 0.338 e. The van der Waals surface area contributed by atoms with Crippen molar-refractivity contribution in [3.63, 3.8) is 0 Å². The molecule has 0 aromatic heterocycles. The number of nitro benzene ring substituents is 2. The van der Waals surface area contributed by atoms with Crippen molar-refractivity contribution in [1.29, 1.82) is 0 Å². The number of benzene rings is 6. The van der Waals surface area contributed by atoms with Gasteiger partial charge in [0.1, 0.15) is 75.6 Å². The van der Waals surface area contributed by atoms with Crippen LogP contribution in [0.4, 0.5) is 34.1 Å². The molecule has 3 heterocycles. The van der Waals surface area contributed by atoms with E-state index in [2.05, 4.69) is 135 Å².